The molecule has 3 aliphatic rings. The van der Waals surface area contributed by atoms with Crippen LogP contribution < -0.4 is 0 Å². The van der Waals surface area contributed by atoms with Gasteiger partial charge in [0.1, 0.15) is 5.69 Å². The molecule has 0 fully saturated rings. The SMILES string of the molecule is O=C1c2ccncc2-n2ccc3c4ccccc4nc-3c21. The van der Waals surface area contributed by atoms with E-state index in [2.05, 4.69) is 9.97 Å². The molecule has 1 aromatic carbocycles. The number of ketones is 1. The zero-order valence-electron chi connectivity index (χ0n) is 10.9. The molecule has 0 N–H and O–H groups in total. The molecule has 0 spiro atoms. The van der Waals surface area contributed by atoms with Crippen LogP contribution in [0.15, 0.2) is 55.0 Å². The highest BCUT2D eigenvalue weighted by atomic mass is 16.1. The van der Waals surface area contributed by atoms with Gasteiger partial charge in [0.25, 0.3) is 0 Å². The van der Waals surface area contributed by atoms with E-state index < -0.39 is 0 Å². The molecule has 1 aromatic heterocycles. The van der Waals surface area contributed by atoms with Crippen LogP contribution in [0.1, 0.15) is 16.1 Å². The average molecular weight is 271 g/mol. The predicted octanol–water partition coefficient (Wildman–Crippen LogP) is 3.07. The molecule has 21 heavy (non-hydrogen) atoms. The lowest BCUT2D eigenvalue weighted by Crippen LogP contribution is -2.03. The second kappa shape index (κ2) is 3.55. The van der Waals surface area contributed by atoms with E-state index in [1.54, 1.807) is 18.5 Å². The third kappa shape index (κ3) is 1.22. The second-order valence-corrected chi connectivity index (χ2v) is 5.15. The third-order valence-corrected chi connectivity index (χ3v) is 4.06. The summed E-state index contributed by atoms with van der Waals surface area (Å²) in [6.07, 6.45) is 5.30. The Kier molecular flexibility index (Phi) is 1.81. The molecule has 2 aromatic rings. The molecule has 0 bridgehead atoms. The van der Waals surface area contributed by atoms with Crippen molar-refractivity contribution in [2.75, 3.05) is 0 Å². The molecule has 0 aliphatic carbocycles. The first-order valence-electron chi connectivity index (χ1n) is 6.73. The number of nitrogens with zero attached hydrogens (tertiary/aromatic N) is 3. The first kappa shape index (κ1) is 10.7. The molecule has 0 unspecified atom stereocenters. The van der Waals surface area contributed by atoms with E-state index in [9.17, 15) is 4.79 Å². The Bertz CT molecular complexity index is 1020. The molecule has 4 nitrogen and oxygen atoms in total. The zero-order valence-corrected chi connectivity index (χ0v) is 10.9. The van der Waals surface area contributed by atoms with Gasteiger partial charge in [-0.25, -0.2) is 4.98 Å². The Morgan fingerprint density at radius 3 is 2.86 bits per heavy atom. The van der Waals surface area contributed by atoms with E-state index in [1.165, 1.54) is 0 Å². The molecule has 4 heteroatoms. The molecule has 0 amide bonds. The molecular formula is C17H9N3O. The molecule has 4 heterocycles. The lowest BCUT2D eigenvalue weighted by Gasteiger charge is -2.07. The number of hydrogen-bond donors (Lipinski definition) is 0. The maximum Gasteiger partial charge on any atom is 0.214 e. The number of benzene rings is 1. The van der Waals surface area contributed by atoms with Gasteiger partial charge in [0, 0.05) is 23.3 Å². The first-order chi connectivity index (χ1) is 10.3. The van der Waals surface area contributed by atoms with Crippen LogP contribution in [0.25, 0.3) is 27.8 Å². The van der Waals surface area contributed by atoms with Gasteiger partial charge in [0.15, 0.2) is 0 Å². The first-order valence-corrected chi connectivity index (χ1v) is 6.73. The van der Waals surface area contributed by atoms with Gasteiger partial charge in [0.2, 0.25) is 5.78 Å². The highest BCUT2D eigenvalue weighted by Crippen LogP contribution is 2.38. The van der Waals surface area contributed by atoms with Crippen molar-refractivity contribution in [1.29, 1.82) is 0 Å². The summed E-state index contributed by atoms with van der Waals surface area (Å²) in [7, 11) is 0. The van der Waals surface area contributed by atoms with Gasteiger partial charge in [-0.1, -0.05) is 18.2 Å². The van der Waals surface area contributed by atoms with Crippen LogP contribution in [-0.2, 0) is 0 Å². The molecule has 0 saturated heterocycles. The van der Waals surface area contributed by atoms with E-state index in [0.29, 0.717) is 11.3 Å². The largest absolute Gasteiger partial charge is 0.310 e. The number of fused-ring (bicyclic) bond motifs is 7. The van der Waals surface area contributed by atoms with Crippen molar-refractivity contribution < 1.29 is 4.79 Å². The van der Waals surface area contributed by atoms with E-state index in [0.717, 1.165) is 27.8 Å². The van der Waals surface area contributed by atoms with Crippen LogP contribution in [0.2, 0.25) is 0 Å². The Morgan fingerprint density at radius 2 is 1.90 bits per heavy atom. The van der Waals surface area contributed by atoms with Crippen molar-refractivity contribution in [2.24, 2.45) is 0 Å². The number of para-hydroxylation sites is 1. The van der Waals surface area contributed by atoms with Crippen molar-refractivity contribution in [3.05, 3.63) is 66.2 Å². The van der Waals surface area contributed by atoms with Crippen LogP contribution >= 0.6 is 0 Å². The quantitative estimate of drug-likeness (QED) is 0.435. The van der Waals surface area contributed by atoms with Crippen molar-refractivity contribution in [3.8, 4) is 16.9 Å². The minimum atomic E-state index is 0.0146. The zero-order chi connectivity index (χ0) is 14.0. The van der Waals surface area contributed by atoms with E-state index in [1.807, 2.05) is 41.1 Å². The van der Waals surface area contributed by atoms with Crippen molar-refractivity contribution >= 4 is 16.7 Å². The van der Waals surface area contributed by atoms with E-state index in [-0.39, 0.29) is 5.78 Å². The second-order valence-electron chi connectivity index (χ2n) is 5.15. The summed E-state index contributed by atoms with van der Waals surface area (Å²) < 4.78 is 1.89. The molecule has 3 aliphatic heterocycles. The van der Waals surface area contributed by atoms with Crippen molar-refractivity contribution in [1.82, 2.24) is 14.5 Å². The summed E-state index contributed by atoms with van der Waals surface area (Å²) in [5, 5.41) is 1.08. The Balaban J connectivity index is 1.94. The van der Waals surface area contributed by atoms with Gasteiger partial charge >= 0.3 is 0 Å². The van der Waals surface area contributed by atoms with Gasteiger partial charge in [-0.05, 0) is 18.2 Å². The van der Waals surface area contributed by atoms with Gasteiger partial charge in [-0.2, -0.15) is 0 Å². The Hall–Kier alpha value is -3.01. The lowest BCUT2D eigenvalue weighted by molar-refractivity contribution is 0.104. The molecule has 98 valence electrons. The number of aromatic nitrogens is 3. The van der Waals surface area contributed by atoms with Crippen molar-refractivity contribution in [2.45, 2.75) is 0 Å². The highest BCUT2D eigenvalue weighted by Gasteiger charge is 2.31. The fourth-order valence-corrected chi connectivity index (χ4v) is 3.11. The molecule has 5 rings (SSSR count). The Labute approximate surface area is 120 Å². The fourth-order valence-electron chi connectivity index (χ4n) is 3.11. The van der Waals surface area contributed by atoms with E-state index >= 15 is 0 Å². The summed E-state index contributed by atoms with van der Waals surface area (Å²) >= 11 is 0. The number of hydrogen-bond acceptors (Lipinski definition) is 3. The number of carbonyl (C=O) groups excluding carboxylic acids is 1. The summed E-state index contributed by atoms with van der Waals surface area (Å²) in [4.78, 5) is 21.5. The average Bonchev–Trinajstić information content (AvgIpc) is 3.04. The third-order valence-electron chi connectivity index (χ3n) is 4.06. The monoisotopic (exact) mass is 271 g/mol. The maximum atomic E-state index is 12.7. The van der Waals surface area contributed by atoms with Crippen LogP contribution in [-0.4, -0.2) is 20.3 Å². The number of carbonyl (C=O) groups is 1. The van der Waals surface area contributed by atoms with Crippen LogP contribution in [0.4, 0.5) is 0 Å². The fraction of sp³-hybridized carbons (Fsp3) is 0. The minimum Gasteiger partial charge on any atom is -0.310 e. The topological polar surface area (TPSA) is 47.8 Å². The van der Waals surface area contributed by atoms with Gasteiger partial charge < -0.3 is 4.57 Å². The van der Waals surface area contributed by atoms with Gasteiger partial charge in [-0.3, -0.25) is 9.78 Å². The summed E-state index contributed by atoms with van der Waals surface area (Å²) in [5.41, 5.74) is 4.84. The molecular weight excluding hydrogens is 262 g/mol. The standard InChI is InChI=1S/C17H9N3O/c21-17-12-5-7-18-9-14(12)20-8-6-11-10-3-1-2-4-13(10)19-15(11)16(17)20/h1-9H. The summed E-state index contributed by atoms with van der Waals surface area (Å²) in [6.45, 7) is 0. The van der Waals surface area contributed by atoms with Crippen molar-refractivity contribution in [3.63, 3.8) is 0 Å². The summed E-state index contributed by atoms with van der Waals surface area (Å²) in [5.74, 6) is 0.0146. The Morgan fingerprint density at radius 1 is 1.00 bits per heavy atom. The van der Waals surface area contributed by atoms with Crippen LogP contribution in [0.3, 0.4) is 0 Å². The van der Waals surface area contributed by atoms with E-state index in [4.69, 9.17) is 0 Å². The normalized spacial score (nSPS) is 12.9. The maximum absolute atomic E-state index is 12.7. The number of rotatable bonds is 0. The van der Waals surface area contributed by atoms with Gasteiger partial charge in [0.05, 0.1) is 28.7 Å². The lowest BCUT2D eigenvalue weighted by atomic mass is 10.0. The number of pyridine rings is 2. The molecule has 0 saturated carbocycles. The smallest absolute Gasteiger partial charge is 0.214 e. The molecule has 0 atom stereocenters. The molecule has 0 radical (unpaired) electrons. The summed E-state index contributed by atoms with van der Waals surface area (Å²) in [6, 6.07) is 11.7. The predicted molar refractivity (Wildman–Crippen MR) is 78.9 cm³/mol. The van der Waals surface area contributed by atoms with Crippen LogP contribution in [0, 0.1) is 0 Å². The minimum absolute atomic E-state index is 0.0146. The van der Waals surface area contributed by atoms with Gasteiger partial charge in [-0.15, -0.1) is 0 Å². The van der Waals surface area contributed by atoms with Crippen LogP contribution in [0.5, 0.6) is 0 Å². The highest BCUT2D eigenvalue weighted by molar-refractivity contribution is 6.18.